The van der Waals surface area contributed by atoms with Crippen LogP contribution in [0.15, 0.2) is 11.4 Å². The SMILES string of the molecule is Cc1ccsc1CNCC1(O)CCCC1. The molecule has 0 radical (unpaired) electrons. The predicted molar refractivity (Wildman–Crippen MR) is 64.2 cm³/mol. The Hall–Kier alpha value is -0.380. The van der Waals surface area contributed by atoms with Gasteiger partial charge < -0.3 is 10.4 Å². The lowest BCUT2D eigenvalue weighted by atomic mass is 10.0. The van der Waals surface area contributed by atoms with E-state index in [0.29, 0.717) is 0 Å². The molecule has 1 aromatic rings. The third-order valence-electron chi connectivity index (χ3n) is 3.24. The Morgan fingerprint density at radius 1 is 1.47 bits per heavy atom. The van der Waals surface area contributed by atoms with Crippen molar-refractivity contribution in [1.82, 2.24) is 5.32 Å². The Bertz CT molecular complexity index is 315. The van der Waals surface area contributed by atoms with Crippen LogP contribution in [-0.4, -0.2) is 17.3 Å². The van der Waals surface area contributed by atoms with Gasteiger partial charge >= 0.3 is 0 Å². The van der Waals surface area contributed by atoms with Crippen molar-refractivity contribution in [3.8, 4) is 0 Å². The third-order valence-corrected chi connectivity index (χ3v) is 4.27. The van der Waals surface area contributed by atoms with E-state index in [1.165, 1.54) is 23.3 Å². The third kappa shape index (κ3) is 2.80. The highest BCUT2D eigenvalue weighted by molar-refractivity contribution is 7.10. The summed E-state index contributed by atoms with van der Waals surface area (Å²) in [6.07, 6.45) is 4.28. The molecule has 1 saturated carbocycles. The molecule has 2 N–H and O–H groups in total. The molecule has 0 amide bonds. The van der Waals surface area contributed by atoms with Gasteiger partial charge in [-0.05, 0) is 36.8 Å². The molecule has 1 aliphatic rings. The van der Waals surface area contributed by atoms with Crippen molar-refractivity contribution < 1.29 is 5.11 Å². The molecule has 15 heavy (non-hydrogen) atoms. The monoisotopic (exact) mass is 225 g/mol. The highest BCUT2D eigenvalue weighted by atomic mass is 32.1. The predicted octanol–water partition coefficient (Wildman–Crippen LogP) is 2.45. The molecule has 1 aliphatic carbocycles. The molecule has 1 fully saturated rings. The summed E-state index contributed by atoms with van der Waals surface area (Å²) in [6.45, 7) is 3.77. The first-order chi connectivity index (χ1) is 7.20. The first kappa shape index (κ1) is 11.1. The second-order valence-corrected chi connectivity index (χ2v) is 5.56. The maximum absolute atomic E-state index is 10.1. The van der Waals surface area contributed by atoms with Crippen LogP contribution in [0.1, 0.15) is 36.1 Å². The van der Waals surface area contributed by atoms with Crippen LogP contribution in [0.2, 0.25) is 0 Å². The molecule has 0 aromatic carbocycles. The maximum Gasteiger partial charge on any atom is 0.0771 e. The Morgan fingerprint density at radius 3 is 2.80 bits per heavy atom. The Morgan fingerprint density at radius 2 is 2.20 bits per heavy atom. The molecule has 0 atom stereocenters. The molecule has 2 rings (SSSR count). The largest absolute Gasteiger partial charge is 0.389 e. The van der Waals surface area contributed by atoms with Crippen molar-refractivity contribution in [2.24, 2.45) is 0 Å². The molecule has 3 heteroatoms. The van der Waals surface area contributed by atoms with Crippen molar-refractivity contribution in [3.63, 3.8) is 0 Å². The first-order valence-electron chi connectivity index (χ1n) is 5.66. The smallest absolute Gasteiger partial charge is 0.0771 e. The van der Waals surface area contributed by atoms with Crippen LogP contribution < -0.4 is 5.32 Å². The van der Waals surface area contributed by atoms with Gasteiger partial charge in [-0.1, -0.05) is 12.8 Å². The van der Waals surface area contributed by atoms with Crippen LogP contribution in [0.25, 0.3) is 0 Å². The molecular formula is C12H19NOS. The quantitative estimate of drug-likeness (QED) is 0.825. The number of aliphatic hydroxyl groups is 1. The molecule has 0 saturated heterocycles. The van der Waals surface area contributed by atoms with E-state index in [2.05, 4.69) is 23.7 Å². The van der Waals surface area contributed by atoms with Gasteiger partial charge in [-0.2, -0.15) is 0 Å². The van der Waals surface area contributed by atoms with E-state index in [1.54, 1.807) is 11.3 Å². The lowest BCUT2D eigenvalue weighted by molar-refractivity contribution is 0.0475. The van der Waals surface area contributed by atoms with Crippen LogP contribution in [0, 0.1) is 6.92 Å². The van der Waals surface area contributed by atoms with Crippen LogP contribution in [-0.2, 0) is 6.54 Å². The molecule has 0 unspecified atom stereocenters. The van der Waals surface area contributed by atoms with Crippen LogP contribution >= 0.6 is 11.3 Å². The van der Waals surface area contributed by atoms with E-state index in [-0.39, 0.29) is 0 Å². The van der Waals surface area contributed by atoms with E-state index >= 15 is 0 Å². The highest BCUT2D eigenvalue weighted by Crippen LogP contribution is 2.28. The molecule has 1 heterocycles. The zero-order chi connectivity index (χ0) is 10.7. The van der Waals surface area contributed by atoms with E-state index < -0.39 is 5.60 Å². The van der Waals surface area contributed by atoms with Crippen molar-refractivity contribution in [2.75, 3.05) is 6.54 Å². The average Bonchev–Trinajstić information content (AvgIpc) is 2.78. The summed E-state index contributed by atoms with van der Waals surface area (Å²) in [5, 5.41) is 15.6. The van der Waals surface area contributed by atoms with Gasteiger partial charge in [0, 0.05) is 18.0 Å². The molecule has 2 nitrogen and oxygen atoms in total. The summed E-state index contributed by atoms with van der Waals surface area (Å²) in [4.78, 5) is 1.39. The average molecular weight is 225 g/mol. The summed E-state index contributed by atoms with van der Waals surface area (Å²) in [5.74, 6) is 0. The zero-order valence-corrected chi connectivity index (χ0v) is 10.1. The van der Waals surface area contributed by atoms with Crippen LogP contribution in [0.4, 0.5) is 0 Å². The molecule has 0 bridgehead atoms. The summed E-state index contributed by atoms with van der Waals surface area (Å²) < 4.78 is 0. The van der Waals surface area contributed by atoms with Crippen molar-refractivity contribution in [2.45, 2.75) is 44.8 Å². The molecule has 0 aliphatic heterocycles. The molecular weight excluding hydrogens is 206 g/mol. The van der Waals surface area contributed by atoms with E-state index in [4.69, 9.17) is 0 Å². The van der Waals surface area contributed by atoms with E-state index in [0.717, 1.165) is 25.9 Å². The van der Waals surface area contributed by atoms with Gasteiger partial charge in [0.05, 0.1) is 5.60 Å². The topological polar surface area (TPSA) is 32.3 Å². The van der Waals surface area contributed by atoms with Gasteiger partial charge in [-0.15, -0.1) is 11.3 Å². The number of nitrogens with one attached hydrogen (secondary N) is 1. The van der Waals surface area contributed by atoms with Gasteiger partial charge in [-0.25, -0.2) is 0 Å². The summed E-state index contributed by atoms with van der Waals surface area (Å²) in [6, 6.07) is 2.14. The lowest BCUT2D eigenvalue weighted by Gasteiger charge is -2.22. The van der Waals surface area contributed by atoms with Gasteiger partial charge in [-0.3, -0.25) is 0 Å². The number of rotatable bonds is 4. The maximum atomic E-state index is 10.1. The minimum absolute atomic E-state index is 0.425. The van der Waals surface area contributed by atoms with Gasteiger partial charge in [0.2, 0.25) is 0 Å². The zero-order valence-electron chi connectivity index (χ0n) is 9.25. The second kappa shape index (κ2) is 4.64. The fourth-order valence-electron chi connectivity index (χ4n) is 2.20. The molecule has 84 valence electrons. The Kier molecular flexibility index (Phi) is 3.44. The number of thiophene rings is 1. The van der Waals surface area contributed by atoms with Gasteiger partial charge in [0.1, 0.15) is 0 Å². The fourth-order valence-corrected chi connectivity index (χ4v) is 3.08. The van der Waals surface area contributed by atoms with Gasteiger partial charge in [0.15, 0.2) is 0 Å². The van der Waals surface area contributed by atoms with Crippen molar-refractivity contribution in [3.05, 3.63) is 21.9 Å². The minimum atomic E-state index is -0.425. The Labute approximate surface area is 95.3 Å². The standard InChI is InChI=1S/C12H19NOS/c1-10-4-7-15-11(10)8-13-9-12(14)5-2-3-6-12/h4,7,13-14H,2-3,5-6,8-9H2,1H3. The number of aryl methyl sites for hydroxylation is 1. The van der Waals surface area contributed by atoms with E-state index in [9.17, 15) is 5.11 Å². The van der Waals surface area contributed by atoms with Crippen LogP contribution in [0.5, 0.6) is 0 Å². The second-order valence-electron chi connectivity index (χ2n) is 4.56. The van der Waals surface area contributed by atoms with Crippen LogP contribution in [0.3, 0.4) is 0 Å². The van der Waals surface area contributed by atoms with Crippen molar-refractivity contribution in [1.29, 1.82) is 0 Å². The number of hydrogen-bond acceptors (Lipinski definition) is 3. The normalized spacial score (nSPS) is 19.6. The van der Waals surface area contributed by atoms with E-state index in [1.807, 2.05) is 0 Å². The summed E-state index contributed by atoms with van der Waals surface area (Å²) in [7, 11) is 0. The minimum Gasteiger partial charge on any atom is -0.389 e. The van der Waals surface area contributed by atoms with Gasteiger partial charge in [0.25, 0.3) is 0 Å². The molecule has 0 spiro atoms. The first-order valence-corrected chi connectivity index (χ1v) is 6.54. The fraction of sp³-hybridized carbons (Fsp3) is 0.667. The number of hydrogen-bond donors (Lipinski definition) is 2. The summed E-state index contributed by atoms with van der Waals surface area (Å²) >= 11 is 1.79. The molecule has 1 aromatic heterocycles. The summed E-state index contributed by atoms with van der Waals surface area (Å²) in [5.41, 5.74) is 0.927. The lowest BCUT2D eigenvalue weighted by Crippen LogP contribution is -2.37. The van der Waals surface area contributed by atoms with Crippen molar-refractivity contribution >= 4 is 11.3 Å². The highest BCUT2D eigenvalue weighted by Gasteiger charge is 2.30. The Balaban J connectivity index is 1.77.